The zero-order chi connectivity index (χ0) is 66.7. The number of carboxylic acids is 1. The maximum atomic E-state index is 13.6. The van der Waals surface area contributed by atoms with Gasteiger partial charge in [0.15, 0.2) is 0 Å². The molecule has 35 nitrogen and oxygen atoms in total. The normalized spacial score (nSPS) is 14.8. The number of rotatable bonds is 43. The second-order valence-corrected chi connectivity index (χ2v) is 21.6. The van der Waals surface area contributed by atoms with Gasteiger partial charge in [0.25, 0.3) is 11.8 Å². The van der Waals surface area contributed by atoms with E-state index < -0.39 is 172 Å². The zero-order valence-corrected chi connectivity index (χ0v) is 50.0. The van der Waals surface area contributed by atoms with Crippen molar-refractivity contribution in [2.24, 2.45) is 0 Å². The van der Waals surface area contributed by atoms with E-state index >= 15 is 0 Å². The molecule has 0 saturated carbocycles. The highest BCUT2D eigenvalue weighted by Crippen LogP contribution is 2.34. The number of cyclic esters (lactones) is 1. The summed E-state index contributed by atoms with van der Waals surface area (Å²) in [6.45, 7) is -2.59. The maximum Gasteiger partial charge on any atom is 0.328 e. The molecule has 36 heteroatoms. The lowest BCUT2D eigenvalue weighted by Crippen LogP contribution is -2.56. The van der Waals surface area contributed by atoms with Crippen molar-refractivity contribution in [1.29, 1.82) is 0 Å². The van der Waals surface area contributed by atoms with Crippen LogP contribution in [0.1, 0.15) is 43.2 Å². The van der Waals surface area contributed by atoms with Gasteiger partial charge in [-0.3, -0.25) is 71.8 Å². The lowest BCUT2D eigenvalue weighted by Gasteiger charge is -2.25. The molecule has 2 aromatic carbocycles. The SMILES string of the molecule is O=C(O)C[C@H](NC(=O)[C@H](CC(=O)N[C@H]1CCOC1=O)NC(=O)CCOCCOCCOCCOCCNC(=O)[C@H](CNC(=O)CCP(=O)(O)O)N1C(=O)C=CC1=O)C(=O)NCC(=O)NCC(=O)N[C@@H](Cc1ccccc1)C(=O)NCC(=O)Nc1ccc(CO)cc1. The third kappa shape index (κ3) is 29.9. The standard InChI is InChI=1S/C55H74N11O24P/c67-33-35-6-8-36(9-7-35)61-46(72)32-60-51(78)38(26-34-4-2-1-3-5-34)64-47(73)31-58-45(71)30-59-52(79)40(28-50(76)77)65-53(80)39(27-44(70)62-37-12-17-90-55(37)82)63-43(69)13-16-86-19-21-88-23-24-89-22-20-87-18-15-56-54(81)41(66-48(74)10-11-49(66)75)29-57-42(68)14-25-91(83,84)85/h1-11,37-41,67H,12-33H2,(H,56,81)(H,57,68)(H,58,71)(H,59,79)(H,60,78)(H,61,72)(H,62,70)(H,63,69)(H,64,73)(H,65,80)(H,76,77)(H2,83,84,85)/t37-,38-,39-,40-,41-/m0/s1. The Balaban J connectivity index is 1.16. The number of ether oxygens (including phenoxy) is 5. The number of nitrogens with one attached hydrogen (secondary N) is 10. The Morgan fingerprint density at radius 3 is 1.74 bits per heavy atom. The monoisotopic (exact) mass is 1300 g/mol. The number of hydrogen-bond acceptors (Lipinski definition) is 21. The minimum Gasteiger partial charge on any atom is -0.481 e. The minimum absolute atomic E-state index is 0.00781. The van der Waals surface area contributed by atoms with Crippen LogP contribution < -0.4 is 53.2 Å². The number of aliphatic hydroxyl groups excluding tert-OH is 1. The second kappa shape index (κ2) is 39.8. The number of aliphatic carboxylic acids is 1. The molecule has 498 valence electrons. The molecule has 2 aromatic rings. The fraction of sp³-hybridized carbons (Fsp3) is 0.491. The maximum absolute atomic E-state index is 13.6. The van der Waals surface area contributed by atoms with Crippen LogP contribution in [0, 0.1) is 0 Å². The molecule has 0 aromatic heterocycles. The Hall–Kier alpha value is -9.09. The summed E-state index contributed by atoms with van der Waals surface area (Å²) < 4.78 is 37.6. The van der Waals surface area contributed by atoms with Crippen LogP contribution in [-0.2, 0) is 108 Å². The highest BCUT2D eigenvalue weighted by Gasteiger charge is 2.37. The van der Waals surface area contributed by atoms with E-state index in [-0.39, 0.29) is 91.9 Å². The second-order valence-electron chi connectivity index (χ2n) is 19.8. The van der Waals surface area contributed by atoms with Crippen molar-refractivity contribution >= 4 is 96.1 Å². The number of anilines is 1. The van der Waals surface area contributed by atoms with E-state index in [9.17, 15) is 81.9 Å². The van der Waals surface area contributed by atoms with E-state index in [1.807, 2.05) is 0 Å². The molecule has 2 heterocycles. The zero-order valence-electron chi connectivity index (χ0n) is 49.1. The smallest absolute Gasteiger partial charge is 0.328 e. The van der Waals surface area contributed by atoms with Gasteiger partial charge in [0, 0.05) is 56.6 Å². The number of carboxylic acid groups (broad SMARTS) is 1. The fourth-order valence-corrected chi connectivity index (χ4v) is 8.57. The molecule has 1 fully saturated rings. The van der Waals surface area contributed by atoms with E-state index in [1.54, 1.807) is 54.6 Å². The van der Waals surface area contributed by atoms with E-state index in [4.69, 9.17) is 33.5 Å². The first-order valence-electron chi connectivity index (χ1n) is 28.3. The molecular formula is C55H74N11O24P. The number of aliphatic hydroxyl groups is 1. The summed E-state index contributed by atoms with van der Waals surface area (Å²) in [4.78, 5) is 197. The molecule has 1 saturated heterocycles. The summed E-state index contributed by atoms with van der Waals surface area (Å²) in [5.41, 5.74) is 1.65. The number of esters is 1. The summed E-state index contributed by atoms with van der Waals surface area (Å²) in [7, 11) is -4.47. The topological polar surface area (TPSA) is 507 Å². The molecule has 2 aliphatic rings. The predicted octanol–water partition coefficient (Wildman–Crippen LogP) is -5.99. The predicted molar refractivity (Wildman–Crippen MR) is 311 cm³/mol. The van der Waals surface area contributed by atoms with Crippen LogP contribution in [0.15, 0.2) is 66.7 Å². The van der Waals surface area contributed by atoms with Crippen LogP contribution in [0.25, 0.3) is 0 Å². The van der Waals surface area contributed by atoms with Crippen molar-refractivity contribution < 1.29 is 115 Å². The van der Waals surface area contributed by atoms with Gasteiger partial charge in [0.1, 0.15) is 30.2 Å². The number of amides is 12. The molecular weight excluding hydrogens is 1230 g/mol. The number of benzene rings is 2. The summed E-state index contributed by atoms with van der Waals surface area (Å²) in [6.07, 6.45) is -1.55. The summed E-state index contributed by atoms with van der Waals surface area (Å²) in [5.74, 6) is -12.9. The minimum atomic E-state index is -4.47. The summed E-state index contributed by atoms with van der Waals surface area (Å²) in [6, 6.07) is 7.43. The average Bonchev–Trinajstić information content (AvgIpc) is 2.43. The highest BCUT2D eigenvalue weighted by molar-refractivity contribution is 7.51. The van der Waals surface area contributed by atoms with Crippen LogP contribution >= 0.6 is 7.60 Å². The van der Waals surface area contributed by atoms with Gasteiger partial charge in [0.2, 0.25) is 59.1 Å². The number of carbonyl (C=O) groups excluding carboxylic acids is 13. The molecule has 14 N–H and O–H groups in total. The van der Waals surface area contributed by atoms with Crippen molar-refractivity contribution in [3.05, 3.63) is 77.9 Å². The molecule has 0 bridgehead atoms. The van der Waals surface area contributed by atoms with Gasteiger partial charge in [-0.05, 0) is 23.3 Å². The molecule has 4 rings (SSSR count). The number of imide groups is 1. The molecule has 91 heavy (non-hydrogen) atoms. The van der Waals surface area contributed by atoms with Gasteiger partial charge in [-0.1, -0.05) is 42.5 Å². The Bertz CT molecular complexity index is 2930. The van der Waals surface area contributed by atoms with Crippen LogP contribution in [0.5, 0.6) is 0 Å². The van der Waals surface area contributed by atoms with Crippen molar-refractivity contribution in [2.75, 3.05) is 104 Å². The lowest BCUT2D eigenvalue weighted by molar-refractivity contribution is -0.145. The van der Waals surface area contributed by atoms with Gasteiger partial charge < -0.3 is 96.9 Å². The van der Waals surface area contributed by atoms with E-state index in [0.717, 1.165) is 12.2 Å². The molecule has 0 radical (unpaired) electrons. The van der Waals surface area contributed by atoms with E-state index in [0.29, 0.717) is 21.7 Å². The third-order valence-corrected chi connectivity index (χ3v) is 13.5. The first kappa shape index (κ1) is 74.4. The molecule has 0 unspecified atom stereocenters. The third-order valence-electron chi connectivity index (χ3n) is 12.7. The Morgan fingerprint density at radius 2 is 1.14 bits per heavy atom. The number of hydrogen-bond donors (Lipinski definition) is 14. The van der Waals surface area contributed by atoms with Crippen molar-refractivity contribution in [3.8, 4) is 0 Å². The molecule has 0 spiro atoms. The van der Waals surface area contributed by atoms with Gasteiger partial charge in [0.05, 0.1) is 105 Å². The van der Waals surface area contributed by atoms with Gasteiger partial charge in [-0.25, -0.2) is 4.79 Å². The van der Waals surface area contributed by atoms with Crippen LogP contribution in [0.3, 0.4) is 0 Å². The van der Waals surface area contributed by atoms with Crippen LogP contribution in [0.2, 0.25) is 0 Å². The fourth-order valence-electron chi connectivity index (χ4n) is 8.08. The van der Waals surface area contributed by atoms with Gasteiger partial charge >= 0.3 is 19.5 Å². The van der Waals surface area contributed by atoms with Crippen LogP contribution in [-0.4, -0.2) is 236 Å². The average molecular weight is 1300 g/mol. The Labute approximate surface area is 519 Å². The molecule has 0 aliphatic carbocycles. The summed E-state index contributed by atoms with van der Waals surface area (Å²) >= 11 is 0. The molecule has 2 aliphatic heterocycles. The number of carbonyl (C=O) groups is 14. The van der Waals surface area contributed by atoms with Gasteiger partial charge in [-0.15, -0.1) is 0 Å². The first-order chi connectivity index (χ1) is 43.4. The molecule has 12 amide bonds. The first-order valence-corrected chi connectivity index (χ1v) is 30.1. The van der Waals surface area contributed by atoms with E-state index in [2.05, 4.69) is 53.2 Å². The quantitative estimate of drug-likeness (QED) is 0.0127. The number of nitrogens with zero attached hydrogens (tertiary/aromatic N) is 1. The van der Waals surface area contributed by atoms with Crippen LogP contribution in [0.4, 0.5) is 5.69 Å². The Kier molecular flexibility index (Phi) is 32.5. The summed E-state index contributed by atoms with van der Waals surface area (Å²) in [5, 5.41) is 42.4. The van der Waals surface area contributed by atoms with E-state index in [1.165, 1.54) is 0 Å². The van der Waals surface area contributed by atoms with Crippen molar-refractivity contribution in [1.82, 2.24) is 52.8 Å². The molecule has 5 atom stereocenters. The highest BCUT2D eigenvalue weighted by atomic mass is 31.2. The van der Waals surface area contributed by atoms with Gasteiger partial charge in [-0.2, -0.15) is 0 Å². The lowest BCUT2D eigenvalue weighted by atomic mass is 10.1. The van der Waals surface area contributed by atoms with Crippen molar-refractivity contribution in [2.45, 2.75) is 75.3 Å². The largest absolute Gasteiger partial charge is 0.481 e. The van der Waals surface area contributed by atoms with Crippen molar-refractivity contribution in [3.63, 3.8) is 0 Å². The Morgan fingerprint density at radius 1 is 0.571 bits per heavy atom.